The Hall–Kier alpha value is -2.63. The van der Waals surface area contributed by atoms with Crippen LogP contribution in [0.25, 0.3) is 11.2 Å². The predicted octanol–water partition coefficient (Wildman–Crippen LogP) is 1.11. The fourth-order valence-corrected chi connectivity index (χ4v) is 1.86. The molecule has 0 aliphatic rings. The maximum absolute atomic E-state index is 5.76. The van der Waals surface area contributed by atoms with E-state index >= 15 is 0 Å². The first kappa shape index (κ1) is 10.5. The van der Waals surface area contributed by atoms with Crippen LogP contribution >= 0.6 is 0 Å². The maximum Gasteiger partial charge on any atom is 0.224 e. The molecule has 2 aromatic heterocycles. The number of benzene rings is 1. The zero-order valence-corrected chi connectivity index (χ0v) is 9.59. The summed E-state index contributed by atoms with van der Waals surface area (Å²) in [4.78, 5) is 15.4. The van der Waals surface area contributed by atoms with Crippen LogP contribution in [0.15, 0.2) is 30.3 Å². The third-order valence-electron chi connectivity index (χ3n) is 2.66. The summed E-state index contributed by atoms with van der Waals surface area (Å²) in [5.74, 6) is 1.25. The second-order valence-electron chi connectivity index (χ2n) is 4.01. The second kappa shape index (κ2) is 3.99. The molecule has 2 heterocycles. The van der Waals surface area contributed by atoms with Crippen LogP contribution in [0.4, 0.5) is 11.8 Å². The Morgan fingerprint density at radius 1 is 1.00 bits per heavy atom. The number of nitrogen functional groups attached to an aromatic ring is 2. The second-order valence-corrected chi connectivity index (χ2v) is 4.01. The van der Waals surface area contributed by atoms with Crippen LogP contribution in [0.3, 0.4) is 0 Å². The molecule has 0 aliphatic carbocycles. The van der Waals surface area contributed by atoms with E-state index in [0.29, 0.717) is 23.4 Å². The van der Waals surface area contributed by atoms with Crippen LogP contribution in [0, 0.1) is 0 Å². The van der Waals surface area contributed by atoms with Gasteiger partial charge >= 0.3 is 0 Å². The summed E-state index contributed by atoms with van der Waals surface area (Å²) in [5, 5.41) is 0. The third-order valence-corrected chi connectivity index (χ3v) is 2.66. The fraction of sp³-hybridized carbons (Fsp3) is 0.0833. The molecule has 6 nitrogen and oxygen atoms in total. The van der Waals surface area contributed by atoms with E-state index in [9.17, 15) is 0 Å². The first-order valence-corrected chi connectivity index (χ1v) is 5.54. The largest absolute Gasteiger partial charge is 0.382 e. The van der Waals surface area contributed by atoms with E-state index in [4.69, 9.17) is 11.5 Å². The van der Waals surface area contributed by atoms with Crippen molar-refractivity contribution in [2.24, 2.45) is 0 Å². The molecule has 5 N–H and O–H groups in total. The molecule has 0 amide bonds. The van der Waals surface area contributed by atoms with E-state index in [1.54, 1.807) is 0 Å². The number of nitrogens with two attached hydrogens (primary N) is 2. The van der Waals surface area contributed by atoms with Crippen molar-refractivity contribution in [2.45, 2.75) is 6.42 Å². The molecule has 1 aromatic carbocycles. The summed E-state index contributed by atoms with van der Waals surface area (Å²) in [6.45, 7) is 0. The van der Waals surface area contributed by atoms with E-state index in [1.165, 1.54) is 0 Å². The number of aromatic nitrogens is 4. The molecule has 0 aliphatic heterocycles. The lowest BCUT2D eigenvalue weighted by atomic mass is 10.1. The molecule has 3 rings (SSSR count). The van der Waals surface area contributed by atoms with Gasteiger partial charge in [0.15, 0.2) is 11.5 Å². The van der Waals surface area contributed by atoms with Crippen LogP contribution in [0.5, 0.6) is 0 Å². The van der Waals surface area contributed by atoms with Crippen LogP contribution in [-0.2, 0) is 6.42 Å². The smallest absolute Gasteiger partial charge is 0.224 e. The first-order valence-electron chi connectivity index (χ1n) is 5.54. The molecule has 6 heteroatoms. The number of nitrogens with zero attached hydrogens (tertiary/aromatic N) is 3. The van der Waals surface area contributed by atoms with Gasteiger partial charge in [-0.05, 0) is 5.56 Å². The third kappa shape index (κ3) is 1.84. The highest BCUT2D eigenvalue weighted by molar-refractivity contribution is 5.82. The van der Waals surface area contributed by atoms with E-state index in [2.05, 4.69) is 19.9 Å². The minimum atomic E-state index is 0.137. The number of nitrogens with one attached hydrogen (secondary N) is 1. The Kier molecular flexibility index (Phi) is 2.33. The number of hydrogen-bond donors (Lipinski definition) is 3. The number of anilines is 2. The maximum atomic E-state index is 5.76. The van der Waals surface area contributed by atoms with Gasteiger partial charge in [-0.2, -0.15) is 9.97 Å². The molecular weight excluding hydrogens is 228 g/mol. The van der Waals surface area contributed by atoms with E-state index in [-0.39, 0.29) is 5.95 Å². The van der Waals surface area contributed by atoms with E-state index in [1.807, 2.05) is 30.3 Å². The standard InChI is InChI=1S/C12H12N6/c13-10-9-11(18-12(14)17-10)16-8(15-9)6-7-4-2-1-3-5-7/h1-5H,6H2,(H5,13,14,15,16,17,18). The Balaban J connectivity index is 2.01. The van der Waals surface area contributed by atoms with Gasteiger partial charge in [-0.15, -0.1) is 0 Å². The van der Waals surface area contributed by atoms with E-state index in [0.717, 1.165) is 11.4 Å². The van der Waals surface area contributed by atoms with Crippen LogP contribution < -0.4 is 11.5 Å². The van der Waals surface area contributed by atoms with Gasteiger partial charge in [0, 0.05) is 6.42 Å². The van der Waals surface area contributed by atoms with Crippen molar-refractivity contribution in [2.75, 3.05) is 11.5 Å². The van der Waals surface area contributed by atoms with Gasteiger partial charge in [0.1, 0.15) is 11.3 Å². The van der Waals surface area contributed by atoms with Crippen molar-refractivity contribution in [1.29, 1.82) is 0 Å². The summed E-state index contributed by atoms with van der Waals surface area (Å²) in [6.07, 6.45) is 0.691. The molecule has 0 atom stereocenters. The van der Waals surface area contributed by atoms with Crippen molar-refractivity contribution in [3.63, 3.8) is 0 Å². The highest BCUT2D eigenvalue weighted by Crippen LogP contribution is 2.17. The Morgan fingerprint density at radius 2 is 1.78 bits per heavy atom. The average Bonchev–Trinajstić information content (AvgIpc) is 2.73. The average molecular weight is 240 g/mol. The monoisotopic (exact) mass is 240 g/mol. The fourth-order valence-electron chi connectivity index (χ4n) is 1.86. The van der Waals surface area contributed by atoms with Crippen LogP contribution in [0.1, 0.15) is 11.4 Å². The quantitative estimate of drug-likeness (QED) is 0.622. The van der Waals surface area contributed by atoms with Crippen LogP contribution in [0.2, 0.25) is 0 Å². The lowest BCUT2D eigenvalue weighted by Crippen LogP contribution is -1.99. The lowest BCUT2D eigenvalue weighted by Gasteiger charge is -1.96. The van der Waals surface area contributed by atoms with Gasteiger partial charge in [-0.3, -0.25) is 0 Å². The van der Waals surface area contributed by atoms with Crippen molar-refractivity contribution < 1.29 is 0 Å². The number of fused-ring (bicyclic) bond motifs is 1. The molecule has 0 radical (unpaired) electrons. The number of hydrogen-bond acceptors (Lipinski definition) is 5. The van der Waals surface area contributed by atoms with Gasteiger partial charge in [-0.1, -0.05) is 30.3 Å². The SMILES string of the molecule is Nc1nc(N)c2[nH]c(Cc3ccccc3)nc2n1. The molecule has 0 spiro atoms. The molecule has 90 valence electrons. The molecular formula is C12H12N6. The Morgan fingerprint density at radius 3 is 2.56 bits per heavy atom. The Labute approximate surface area is 103 Å². The summed E-state index contributed by atoms with van der Waals surface area (Å²) in [6, 6.07) is 10.0. The van der Waals surface area contributed by atoms with Crippen molar-refractivity contribution in [1.82, 2.24) is 19.9 Å². The molecule has 18 heavy (non-hydrogen) atoms. The normalized spacial score (nSPS) is 10.9. The molecule has 0 saturated heterocycles. The van der Waals surface area contributed by atoms with Gasteiger partial charge in [0.25, 0.3) is 0 Å². The first-order chi connectivity index (χ1) is 8.72. The number of imidazole rings is 1. The summed E-state index contributed by atoms with van der Waals surface area (Å²) in [7, 11) is 0. The van der Waals surface area contributed by atoms with Gasteiger partial charge in [0.05, 0.1) is 0 Å². The van der Waals surface area contributed by atoms with Gasteiger partial charge < -0.3 is 16.5 Å². The highest BCUT2D eigenvalue weighted by Gasteiger charge is 2.09. The molecule has 0 unspecified atom stereocenters. The zero-order valence-electron chi connectivity index (χ0n) is 9.59. The Bertz CT molecular complexity index is 688. The number of H-pyrrole nitrogens is 1. The lowest BCUT2D eigenvalue weighted by molar-refractivity contribution is 1.03. The minimum absolute atomic E-state index is 0.137. The summed E-state index contributed by atoms with van der Waals surface area (Å²) >= 11 is 0. The number of aromatic amines is 1. The summed E-state index contributed by atoms with van der Waals surface area (Å²) in [5.41, 5.74) is 13.6. The van der Waals surface area contributed by atoms with Gasteiger partial charge in [0.2, 0.25) is 5.95 Å². The highest BCUT2D eigenvalue weighted by atomic mass is 15.1. The molecule has 0 fully saturated rings. The zero-order chi connectivity index (χ0) is 12.5. The summed E-state index contributed by atoms with van der Waals surface area (Å²) < 4.78 is 0. The van der Waals surface area contributed by atoms with Crippen molar-refractivity contribution >= 4 is 22.9 Å². The van der Waals surface area contributed by atoms with E-state index < -0.39 is 0 Å². The van der Waals surface area contributed by atoms with Gasteiger partial charge in [-0.25, -0.2) is 4.98 Å². The van der Waals surface area contributed by atoms with Crippen LogP contribution in [-0.4, -0.2) is 19.9 Å². The van der Waals surface area contributed by atoms with Crippen molar-refractivity contribution in [3.8, 4) is 0 Å². The molecule has 0 bridgehead atoms. The van der Waals surface area contributed by atoms with Crippen molar-refractivity contribution in [3.05, 3.63) is 41.7 Å². The minimum Gasteiger partial charge on any atom is -0.382 e. The predicted molar refractivity (Wildman–Crippen MR) is 69.8 cm³/mol. The number of rotatable bonds is 2. The molecule has 0 saturated carbocycles. The molecule has 3 aromatic rings. The topological polar surface area (TPSA) is 106 Å².